The molecule has 0 amide bonds. The van der Waals surface area contributed by atoms with Gasteiger partial charge in [-0.3, -0.25) is 0 Å². The molecule has 1 aliphatic rings. The summed E-state index contributed by atoms with van der Waals surface area (Å²) >= 11 is 0. The van der Waals surface area contributed by atoms with Crippen LogP contribution in [0.25, 0.3) is 0 Å². The van der Waals surface area contributed by atoms with Crippen LogP contribution in [-0.2, 0) is 0 Å². The van der Waals surface area contributed by atoms with Gasteiger partial charge >= 0.3 is 0 Å². The number of fused-ring (bicyclic) bond motifs is 1. The molecular formula is C14H15N3O. The smallest absolute Gasteiger partial charge is 0.142 e. The predicted molar refractivity (Wildman–Crippen MR) is 72.2 cm³/mol. The molecule has 4 heteroatoms. The zero-order valence-electron chi connectivity index (χ0n) is 10.0. The fraction of sp³-hybridized carbons (Fsp3) is 0.214. The molecule has 18 heavy (non-hydrogen) atoms. The van der Waals surface area contributed by atoms with E-state index in [9.17, 15) is 0 Å². The Labute approximate surface area is 106 Å². The van der Waals surface area contributed by atoms with Crippen molar-refractivity contribution >= 4 is 17.3 Å². The minimum absolute atomic E-state index is 0.537. The molecular weight excluding hydrogens is 226 g/mol. The molecule has 0 aliphatic carbocycles. The van der Waals surface area contributed by atoms with Gasteiger partial charge in [0.25, 0.3) is 0 Å². The SMILES string of the molecule is Nc1cccc(N2CCCOc3ccccc32)n1. The molecule has 0 fully saturated rings. The number of nitrogen functional groups attached to an aromatic ring is 1. The number of nitrogens with zero attached hydrogens (tertiary/aromatic N) is 2. The van der Waals surface area contributed by atoms with Gasteiger partial charge in [0.2, 0.25) is 0 Å². The Bertz CT molecular complexity index is 556. The molecule has 0 saturated heterocycles. The van der Waals surface area contributed by atoms with Crippen LogP contribution < -0.4 is 15.4 Å². The Morgan fingerprint density at radius 1 is 1.11 bits per heavy atom. The molecule has 0 unspecified atom stereocenters. The third-order valence-corrected chi connectivity index (χ3v) is 2.97. The number of ether oxygens (including phenoxy) is 1. The van der Waals surface area contributed by atoms with E-state index in [0.29, 0.717) is 5.82 Å². The van der Waals surface area contributed by atoms with Crippen molar-refractivity contribution in [2.24, 2.45) is 0 Å². The van der Waals surface area contributed by atoms with Crippen molar-refractivity contribution in [1.29, 1.82) is 0 Å². The van der Waals surface area contributed by atoms with Gasteiger partial charge in [-0.1, -0.05) is 18.2 Å². The number of nitrogens with two attached hydrogens (primary N) is 1. The standard InChI is InChI=1S/C14H15N3O/c15-13-7-3-8-14(16-13)17-9-4-10-18-12-6-2-1-5-11(12)17/h1-3,5-8H,4,9-10H2,(H2,15,16). The molecule has 1 aromatic heterocycles. The lowest BCUT2D eigenvalue weighted by molar-refractivity contribution is 0.322. The number of hydrogen-bond donors (Lipinski definition) is 1. The molecule has 0 saturated carbocycles. The lowest BCUT2D eigenvalue weighted by atomic mass is 10.2. The van der Waals surface area contributed by atoms with E-state index in [4.69, 9.17) is 10.5 Å². The lowest BCUT2D eigenvalue weighted by Crippen LogP contribution is -2.19. The summed E-state index contributed by atoms with van der Waals surface area (Å²) in [6.45, 7) is 1.61. The van der Waals surface area contributed by atoms with E-state index < -0.39 is 0 Å². The van der Waals surface area contributed by atoms with Crippen molar-refractivity contribution in [3.63, 3.8) is 0 Å². The molecule has 1 aliphatic heterocycles. The van der Waals surface area contributed by atoms with Crippen LogP contribution >= 0.6 is 0 Å². The van der Waals surface area contributed by atoms with E-state index >= 15 is 0 Å². The Balaban J connectivity index is 2.06. The molecule has 2 N–H and O–H groups in total. The van der Waals surface area contributed by atoms with Crippen molar-refractivity contribution < 1.29 is 4.74 Å². The van der Waals surface area contributed by atoms with Gasteiger partial charge in [0.1, 0.15) is 17.4 Å². The summed E-state index contributed by atoms with van der Waals surface area (Å²) < 4.78 is 5.73. The highest BCUT2D eigenvalue weighted by Gasteiger charge is 2.18. The van der Waals surface area contributed by atoms with Crippen molar-refractivity contribution in [2.45, 2.75) is 6.42 Å². The molecule has 0 atom stereocenters. The highest BCUT2D eigenvalue weighted by Crippen LogP contribution is 2.34. The van der Waals surface area contributed by atoms with Crippen LogP contribution in [0.15, 0.2) is 42.5 Å². The summed E-state index contributed by atoms with van der Waals surface area (Å²) in [5, 5.41) is 0. The second kappa shape index (κ2) is 4.56. The first-order valence-electron chi connectivity index (χ1n) is 6.06. The Morgan fingerprint density at radius 2 is 2.00 bits per heavy atom. The van der Waals surface area contributed by atoms with Crippen molar-refractivity contribution in [2.75, 3.05) is 23.8 Å². The monoisotopic (exact) mass is 241 g/mol. The number of pyridine rings is 1. The van der Waals surface area contributed by atoms with Gasteiger partial charge in [-0.25, -0.2) is 4.98 Å². The highest BCUT2D eigenvalue weighted by atomic mass is 16.5. The van der Waals surface area contributed by atoms with Crippen LogP contribution in [0.3, 0.4) is 0 Å². The first-order chi connectivity index (χ1) is 8.84. The third kappa shape index (κ3) is 1.97. The summed E-state index contributed by atoms with van der Waals surface area (Å²) in [6, 6.07) is 13.7. The van der Waals surface area contributed by atoms with Crippen LogP contribution in [0.1, 0.15) is 6.42 Å². The normalized spacial score (nSPS) is 14.6. The topological polar surface area (TPSA) is 51.4 Å². The van der Waals surface area contributed by atoms with Crippen molar-refractivity contribution in [3.05, 3.63) is 42.5 Å². The number of benzene rings is 1. The van der Waals surface area contributed by atoms with Gasteiger partial charge in [0.05, 0.1) is 12.3 Å². The minimum Gasteiger partial charge on any atom is -0.491 e. The summed E-state index contributed by atoms with van der Waals surface area (Å²) in [7, 11) is 0. The number of rotatable bonds is 1. The molecule has 0 spiro atoms. The molecule has 2 aromatic rings. The summed E-state index contributed by atoms with van der Waals surface area (Å²) in [5.41, 5.74) is 6.80. The molecule has 0 bridgehead atoms. The van der Waals surface area contributed by atoms with Crippen LogP contribution in [0, 0.1) is 0 Å². The molecule has 2 heterocycles. The largest absolute Gasteiger partial charge is 0.491 e. The summed E-state index contributed by atoms with van der Waals surface area (Å²) in [5.74, 6) is 2.31. The Hall–Kier alpha value is -2.23. The second-order valence-electron chi connectivity index (χ2n) is 4.24. The summed E-state index contributed by atoms with van der Waals surface area (Å²) in [4.78, 5) is 6.54. The first kappa shape index (κ1) is 10.9. The van der Waals surface area contributed by atoms with Crippen LogP contribution in [0.2, 0.25) is 0 Å². The quantitative estimate of drug-likeness (QED) is 0.833. The van der Waals surface area contributed by atoms with Gasteiger partial charge in [0.15, 0.2) is 0 Å². The molecule has 3 rings (SSSR count). The van der Waals surface area contributed by atoms with Crippen LogP contribution in [0.4, 0.5) is 17.3 Å². The number of anilines is 3. The van der Waals surface area contributed by atoms with E-state index in [2.05, 4.69) is 9.88 Å². The fourth-order valence-electron chi connectivity index (χ4n) is 2.16. The fourth-order valence-corrected chi connectivity index (χ4v) is 2.16. The minimum atomic E-state index is 0.537. The van der Waals surface area contributed by atoms with Crippen LogP contribution in [0.5, 0.6) is 5.75 Å². The van der Waals surface area contributed by atoms with Crippen molar-refractivity contribution in [1.82, 2.24) is 4.98 Å². The molecule has 92 valence electrons. The molecule has 4 nitrogen and oxygen atoms in total. The summed E-state index contributed by atoms with van der Waals surface area (Å²) in [6.07, 6.45) is 0.963. The number of para-hydroxylation sites is 2. The zero-order chi connectivity index (χ0) is 12.4. The van der Waals surface area contributed by atoms with E-state index in [1.807, 2.05) is 36.4 Å². The highest BCUT2D eigenvalue weighted by molar-refractivity contribution is 5.68. The van der Waals surface area contributed by atoms with Gasteiger partial charge in [-0.15, -0.1) is 0 Å². The number of aromatic nitrogens is 1. The third-order valence-electron chi connectivity index (χ3n) is 2.97. The van der Waals surface area contributed by atoms with E-state index in [1.54, 1.807) is 6.07 Å². The van der Waals surface area contributed by atoms with E-state index in [-0.39, 0.29) is 0 Å². The van der Waals surface area contributed by atoms with Crippen LogP contribution in [-0.4, -0.2) is 18.1 Å². The van der Waals surface area contributed by atoms with E-state index in [1.165, 1.54) is 0 Å². The molecule has 0 radical (unpaired) electrons. The Morgan fingerprint density at radius 3 is 2.89 bits per heavy atom. The van der Waals surface area contributed by atoms with E-state index in [0.717, 1.165) is 36.8 Å². The number of hydrogen-bond acceptors (Lipinski definition) is 4. The van der Waals surface area contributed by atoms with Gasteiger partial charge in [0, 0.05) is 6.54 Å². The predicted octanol–water partition coefficient (Wildman–Crippen LogP) is 2.58. The van der Waals surface area contributed by atoms with Gasteiger partial charge < -0.3 is 15.4 Å². The lowest BCUT2D eigenvalue weighted by Gasteiger charge is -2.22. The van der Waals surface area contributed by atoms with Gasteiger partial charge in [-0.2, -0.15) is 0 Å². The van der Waals surface area contributed by atoms with Gasteiger partial charge in [-0.05, 0) is 30.7 Å². The maximum absolute atomic E-state index is 5.76. The maximum atomic E-state index is 5.76. The molecule has 1 aromatic carbocycles. The first-order valence-corrected chi connectivity index (χ1v) is 6.06. The maximum Gasteiger partial charge on any atom is 0.142 e. The second-order valence-corrected chi connectivity index (χ2v) is 4.24. The van der Waals surface area contributed by atoms with Crippen molar-refractivity contribution in [3.8, 4) is 5.75 Å². The average molecular weight is 241 g/mol. The Kier molecular flexibility index (Phi) is 2.76. The zero-order valence-corrected chi connectivity index (χ0v) is 10.0. The average Bonchev–Trinajstić information content (AvgIpc) is 2.61.